The number of sulfone groups is 1. The van der Waals surface area contributed by atoms with Crippen molar-refractivity contribution in [2.45, 2.75) is 25.3 Å². The Kier molecular flexibility index (Phi) is 5.64. The van der Waals surface area contributed by atoms with Crippen molar-refractivity contribution >= 4 is 21.4 Å². The minimum atomic E-state index is -3.03. The summed E-state index contributed by atoms with van der Waals surface area (Å²) in [6.07, 6.45) is 2.59. The Morgan fingerprint density at radius 3 is 2.88 bits per heavy atom. The first-order valence-electron chi connectivity index (χ1n) is 8.82. The predicted molar refractivity (Wildman–Crippen MR) is 97.6 cm³/mol. The molecule has 0 bridgehead atoms. The van der Waals surface area contributed by atoms with Crippen LogP contribution in [-0.4, -0.2) is 70.1 Å². The summed E-state index contributed by atoms with van der Waals surface area (Å²) in [6, 6.07) is 7.96. The molecular weight excluding hydrogens is 340 g/mol. The molecule has 1 amide bonds. The molecule has 0 spiro atoms. The van der Waals surface area contributed by atoms with E-state index in [1.807, 2.05) is 12.1 Å². The maximum absolute atomic E-state index is 13.0. The Hall–Kier alpha value is -1.60. The molecule has 0 saturated carbocycles. The molecule has 2 aliphatic heterocycles. The zero-order valence-corrected chi connectivity index (χ0v) is 15.5. The van der Waals surface area contributed by atoms with Crippen LogP contribution >= 0.6 is 0 Å². The molecule has 7 heteroatoms. The number of ether oxygens (including phenoxy) is 1. The van der Waals surface area contributed by atoms with Gasteiger partial charge in [0.15, 0.2) is 9.84 Å². The highest BCUT2D eigenvalue weighted by Crippen LogP contribution is 2.27. The van der Waals surface area contributed by atoms with Crippen LogP contribution in [0.25, 0.3) is 0 Å². The lowest BCUT2D eigenvalue weighted by Gasteiger charge is -2.34. The van der Waals surface area contributed by atoms with Crippen LogP contribution < -0.4 is 4.90 Å². The van der Waals surface area contributed by atoms with Gasteiger partial charge >= 0.3 is 0 Å². The van der Waals surface area contributed by atoms with Crippen LogP contribution in [0.2, 0.25) is 0 Å². The van der Waals surface area contributed by atoms with Gasteiger partial charge in [-0.2, -0.15) is 0 Å². The van der Waals surface area contributed by atoms with Crippen molar-refractivity contribution in [3.8, 4) is 0 Å². The van der Waals surface area contributed by atoms with E-state index in [4.69, 9.17) is 4.74 Å². The van der Waals surface area contributed by atoms with Gasteiger partial charge in [-0.25, -0.2) is 8.42 Å². The third-order valence-corrected chi connectivity index (χ3v) is 6.79. The maximum atomic E-state index is 13.0. The summed E-state index contributed by atoms with van der Waals surface area (Å²) < 4.78 is 28.8. The van der Waals surface area contributed by atoms with Gasteiger partial charge in [0.25, 0.3) is 0 Å². The van der Waals surface area contributed by atoms with Crippen molar-refractivity contribution in [3.05, 3.63) is 29.8 Å². The van der Waals surface area contributed by atoms with Crippen LogP contribution in [0.15, 0.2) is 24.3 Å². The number of carbonyl (C=O) groups excluding carboxylic acids is 1. The van der Waals surface area contributed by atoms with Crippen molar-refractivity contribution in [2.24, 2.45) is 0 Å². The number of para-hydroxylation sites is 1. The number of hydrogen-bond donors (Lipinski definition) is 0. The van der Waals surface area contributed by atoms with Gasteiger partial charge in [0.1, 0.15) is 0 Å². The number of carbonyl (C=O) groups is 1. The minimum Gasteiger partial charge on any atom is -0.383 e. The van der Waals surface area contributed by atoms with E-state index in [0.717, 1.165) is 25.1 Å². The summed E-state index contributed by atoms with van der Waals surface area (Å²) in [6.45, 7) is 1.99. The van der Waals surface area contributed by atoms with Gasteiger partial charge in [0.2, 0.25) is 5.91 Å². The lowest BCUT2D eigenvalue weighted by molar-refractivity contribution is -0.132. The monoisotopic (exact) mass is 366 g/mol. The molecule has 0 unspecified atom stereocenters. The van der Waals surface area contributed by atoms with Crippen LogP contribution in [0.4, 0.5) is 5.69 Å². The number of aryl methyl sites for hydroxylation is 1. The maximum Gasteiger partial charge on any atom is 0.242 e. The van der Waals surface area contributed by atoms with Crippen molar-refractivity contribution in [1.82, 2.24) is 4.90 Å². The van der Waals surface area contributed by atoms with E-state index in [9.17, 15) is 13.2 Å². The largest absolute Gasteiger partial charge is 0.383 e. The van der Waals surface area contributed by atoms with E-state index in [1.54, 1.807) is 12.0 Å². The molecule has 2 aliphatic rings. The molecule has 0 N–H and O–H groups in total. The average molecular weight is 366 g/mol. The first-order valence-corrected chi connectivity index (χ1v) is 10.6. The van der Waals surface area contributed by atoms with E-state index in [0.29, 0.717) is 19.6 Å². The van der Waals surface area contributed by atoms with Gasteiger partial charge < -0.3 is 14.5 Å². The molecule has 0 aromatic heterocycles. The molecule has 1 aromatic rings. The topological polar surface area (TPSA) is 66.9 Å². The Labute approximate surface area is 149 Å². The fourth-order valence-electron chi connectivity index (χ4n) is 3.75. The number of amides is 1. The summed E-state index contributed by atoms with van der Waals surface area (Å²) in [7, 11) is -1.44. The lowest BCUT2D eigenvalue weighted by Crippen LogP contribution is -2.48. The van der Waals surface area contributed by atoms with Crippen LogP contribution in [0, 0.1) is 0 Å². The van der Waals surface area contributed by atoms with E-state index >= 15 is 0 Å². The Balaban J connectivity index is 1.73. The summed E-state index contributed by atoms with van der Waals surface area (Å²) >= 11 is 0. The van der Waals surface area contributed by atoms with Crippen LogP contribution in [0.1, 0.15) is 18.4 Å². The molecule has 25 heavy (non-hydrogen) atoms. The van der Waals surface area contributed by atoms with Crippen molar-refractivity contribution in [1.29, 1.82) is 0 Å². The number of nitrogens with zero attached hydrogens (tertiary/aromatic N) is 2. The van der Waals surface area contributed by atoms with Crippen molar-refractivity contribution in [3.63, 3.8) is 0 Å². The van der Waals surface area contributed by atoms with Gasteiger partial charge in [-0.15, -0.1) is 0 Å². The highest BCUT2D eigenvalue weighted by atomic mass is 32.2. The standard InChI is InChI=1S/C18H26N2O4S/c1-24-11-10-20(16-8-12-25(22,23)14-16)18(21)13-19-9-4-6-15-5-2-3-7-17(15)19/h2-3,5,7,16H,4,6,8-14H2,1H3/t16-/m0/s1. The molecule has 0 aliphatic carbocycles. The first kappa shape index (κ1) is 18.2. The molecule has 138 valence electrons. The second-order valence-electron chi connectivity index (χ2n) is 6.79. The molecule has 3 rings (SSSR count). The van der Waals surface area contributed by atoms with Gasteiger partial charge in [-0.05, 0) is 30.9 Å². The molecule has 1 atom stereocenters. The van der Waals surface area contributed by atoms with E-state index in [-0.39, 0.29) is 30.0 Å². The number of fused-ring (bicyclic) bond motifs is 1. The zero-order valence-electron chi connectivity index (χ0n) is 14.7. The van der Waals surface area contributed by atoms with Crippen molar-refractivity contribution in [2.75, 3.05) is 49.8 Å². The lowest BCUT2D eigenvalue weighted by atomic mass is 10.0. The Morgan fingerprint density at radius 1 is 1.36 bits per heavy atom. The summed E-state index contributed by atoms with van der Waals surface area (Å²) in [5.41, 5.74) is 2.39. The normalized spacial score (nSPS) is 21.8. The summed E-state index contributed by atoms with van der Waals surface area (Å²) in [5, 5.41) is 0. The Morgan fingerprint density at radius 2 is 2.16 bits per heavy atom. The van der Waals surface area contributed by atoms with Crippen molar-refractivity contribution < 1.29 is 17.9 Å². The third kappa shape index (κ3) is 4.33. The zero-order chi connectivity index (χ0) is 17.9. The minimum absolute atomic E-state index is 0.0177. The van der Waals surface area contributed by atoms with E-state index in [1.165, 1.54) is 5.56 Å². The Bertz CT molecular complexity index is 720. The predicted octanol–water partition coefficient (Wildman–Crippen LogP) is 1.10. The van der Waals surface area contributed by atoms with E-state index < -0.39 is 9.84 Å². The number of rotatable bonds is 6. The average Bonchev–Trinajstić information content (AvgIpc) is 2.95. The number of hydrogen-bond acceptors (Lipinski definition) is 5. The van der Waals surface area contributed by atoms with Gasteiger partial charge in [-0.3, -0.25) is 4.79 Å². The second-order valence-corrected chi connectivity index (χ2v) is 9.02. The first-order chi connectivity index (χ1) is 12.0. The molecule has 1 fully saturated rings. The summed E-state index contributed by atoms with van der Waals surface area (Å²) in [4.78, 5) is 16.8. The molecule has 2 heterocycles. The molecule has 1 aromatic carbocycles. The quantitative estimate of drug-likeness (QED) is 0.754. The number of benzene rings is 1. The second kappa shape index (κ2) is 7.74. The fourth-order valence-corrected chi connectivity index (χ4v) is 5.48. The molecule has 0 radical (unpaired) electrons. The third-order valence-electron chi connectivity index (χ3n) is 5.04. The van der Waals surface area contributed by atoms with Gasteiger partial charge in [0, 0.05) is 31.9 Å². The highest BCUT2D eigenvalue weighted by Gasteiger charge is 2.35. The van der Waals surface area contributed by atoms with Crippen LogP contribution in [0.3, 0.4) is 0 Å². The van der Waals surface area contributed by atoms with Gasteiger partial charge in [0.05, 0.1) is 24.7 Å². The van der Waals surface area contributed by atoms with Crippen LogP contribution in [0.5, 0.6) is 0 Å². The molecule has 6 nitrogen and oxygen atoms in total. The summed E-state index contributed by atoms with van der Waals surface area (Å²) in [5.74, 6) is 0.218. The smallest absolute Gasteiger partial charge is 0.242 e. The van der Waals surface area contributed by atoms with E-state index in [2.05, 4.69) is 17.0 Å². The van der Waals surface area contributed by atoms with Crippen LogP contribution in [-0.2, 0) is 25.8 Å². The van der Waals surface area contributed by atoms with Gasteiger partial charge in [-0.1, -0.05) is 18.2 Å². The molecular formula is C18H26N2O4S. The number of methoxy groups -OCH3 is 1. The highest BCUT2D eigenvalue weighted by molar-refractivity contribution is 7.91. The SMILES string of the molecule is COCCN(C(=O)CN1CCCc2ccccc21)[C@H]1CCS(=O)(=O)C1. The molecule has 1 saturated heterocycles. The fraction of sp³-hybridized carbons (Fsp3) is 0.611. The number of anilines is 1.